The monoisotopic (exact) mass is 202 g/mol. The number of fused-ring (bicyclic) bond motifs is 1. The summed E-state index contributed by atoms with van der Waals surface area (Å²) in [5, 5.41) is 0. The first-order valence-electron chi connectivity index (χ1n) is 5.96. The van der Waals surface area contributed by atoms with Crippen molar-refractivity contribution in [1.82, 2.24) is 0 Å². The minimum absolute atomic E-state index is 0.557. The fraction of sp³-hybridized carbons (Fsp3) is 0.538. The van der Waals surface area contributed by atoms with Gasteiger partial charge in [0, 0.05) is 30.7 Å². The van der Waals surface area contributed by atoms with Crippen molar-refractivity contribution >= 4 is 5.69 Å². The van der Waals surface area contributed by atoms with Crippen molar-refractivity contribution in [3.8, 4) is 0 Å². The third-order valence-electron chi connectivity index (χ3n) is 3.90. The van der Waals surface area contributed by atoms with Gasteiger partial charge in [-0.25, -0.2) is 0 Å². The highest BCUT2D eigenvalue weighted by Gasteiger charge is 2.34. The summed E-state index contributed by atoms with van der Waals surface area (Å²) in [6.07, 6.45) is 4.13. The van der Waals surface area contributed by atoms with Gasteiger partial charge in [-0.15, -0.1) is 0 Å². The van der Waals surface area contributed by atoms with Crippen molar-refractivity contribution in [1.29, 1.82) is 0 Å². The van der Waals surface area contributed by atoms with Crippen LogP contribution in [0.5, 0.6) is 0 Å². The Hall–Kier alpha value is -1.02. The Labute approximate surface area is 91.1 Å². The van der Waals surface area contributed by atoms with E-state index in [0.717, 1.165) is 19.1 Å². The number of hydrogen-bond donors (Lipinski definition) is 1. The molecule has 0 radical (unpaired) electrons. The zero-order valence-corrected chi connectivity index (χ0v) is 9.02. The zero-order chi connectivity index (χ0) is 10.3. The lowest BCUT2D eigenvalue weighted by Crippen LogP contribution is -2.39. The number of anilines is 1. The lowest BCUT2D eigenvalue weighted by Gasteiger charge is -2.37. The molecule has 15 heavy (non-hydrogen) atoms. The number of hydrogen-bond acceptors (Lipinski definition) is 2. The number of nitrogens with zero attached hydrogens (tertiary/aromatic N) is 1. The van der Waals surface area contributed by atoms with E-state index in [1.54, 1.807) is 0 Å². The summed E-state index contributed by atoms with van der Waals surface area (Å²) >= 11 is 0. The first kappa shape index (κ1) is 9.22. The predicted octanol–water partition coefficient (Wildman–Crippen LogP) is 2.10. The van der Waals surface area contributed by atoms with Gasteiger partial charge in [-0.05, 0) is 30.9 Å². The van der Waals surface area contributed by atoms with Crippen LogP contribution in [-0.2, 0) is 0 Å². The molecular weight excluding hydrogens is 184 g/mol. The van der Waals surface area contributed by atoms with E-state index in [4.69, 9.17) is 5.73 Å². The van der Waals surface area contributed by atoms with Crippen LogP contribution in [0.15, 0.2) is 24.3 Å². The van der Waals surface area contributed by atoms with Gasteiger partial charge in [0.05, 0.1) is 0 Å². The number of para-hydroxylation sites is 1. The van der Waals surface area contributed by atoms with Gasteiger partial charge in [0.25, 0.3) is 0 Å². The third-order valence-corrected chi connectivity index (χ3v) is 3.90. The highest BCUT2D eigenvalue weighted by Crippen LogP contribution is 2.40. The van der Waals surface area contributed by atoms with Crippen LogP contribution in [0.2, 0.25) is 0 Å². The molecule has 2 aliphatic rings. The maximum Gasteiger partial charge on any atom is 0.0405 e. The summed E-state index contributed by atoms with van der Waals surface area (Å²) in [5.41, 5.74) is 8.75. The molecule has 1 saturated carbocycles. The van der Waals surface area contributed by atoms with E-state index in [-0.39, 0.29) is 0 Å². The van der Waals surface area contributed by atoms with E-state index in [9.17, 15) is 0 Å². The Bertz CT molecular complexity index is 357. The quantitative estimate of drug-likeness (QED) is 0.795. The summed E-state index contributed by atoms with van der Waals surface area (Å²) in [7, 11) is 0. The number of nitrogens with two attached hydrogens (primary N) is 1. The van der Waals surface area contributed by atoms with Crippen molar-refractivity contribution in [2.24, 2.45) is 5.73 Å². The van der Waals surface area contributed by atoms with Crippen LogP contribution in [0.1, 0.15) is 30.7 Å². The summed E-state index contributed by atoms with van der Waals surface area (Å²) in [6, 6.07) is 9.56. The molecule has 1 fully saturated rings. The smallest absolute Gasteiger partial charge is 0.0405 e. The molecule has 0 bridgehead atoms. The second-order valence-corrected chi connectivity index (χ2v) is 4.73. The largest absolute Gasteiger partial charge is 0.368 e. The fourth-order valence-electron chi connectivity index (χ4n) is 2.77. The first-order valence-corrected chi connectivity index (χ1v) is 5.96. The molecule has 3 rings (SSSR count). The Morgan fingerprint density at radius 2 is 2.07 bits per heavy atom. The second-order valence-electron chi connectivity index (χ2n) is 4.73. The lowest BCUT2D eigenvalue weighted by atomic mass is 9.91. The van der Waals surface area contributed by atoms with Gasteiger partial charge in [0.15, 0.2) is 0 Å². The normalized spacial score (nSPS) is 25.1. The molecule has 1 aliphatic carbocycles. The Morgan fingerprint density at radius 3 is 2.73 bits per heavy atom. The van der Waals surface area contributed by atoms with Gasteiger partial charge in [0.2, 0.25) is 0 Å². The third kappa shape index (κ3) is 1.36. The molecule has 1 atom stereocenters. The summed E-state index contributed by atoms with van der Waals surface area (Å²) in [4.78, 5) is 2.58. The Balaban J connectivity index is 1.94. The van der Waals surface area contributed by atoms with Crippen molar-refractivity contribution in [2.75, 3.05) is 18.0 Å². The van der Waals surface area contributed by atoms with Crippen LogP contribution in [0.25, 0.3) is 0 Å². The lowest BCUT2D eigenvalue weighted by molar-refractivity contribution is 0.388. The second kappa shape index (κ2) is 3.53. The van der Waals surface area contributed by atoms with Crippen molar-refractivity contribution < 1.29 is 0 Å². The highest BCUT2D eigenvalue weighted by molar-refractivity contribution is 5.61. The molecule has 1 unspecified atom stereocenters. The minimum atomic E-state index is 0.557. The van der Waals surface area contributed by atoms with Gasteiger partial charge >= 0.3 is 0 Å². The molecule has 2 heteroatoms. The van der Waals surface area contributed by atoms with E-state index in [1.165, 1.54) is 30.5 Å². The van der Waals surface area contributed by atoms with E-state index >= 15 is 0 Å². The number of benzene rings is 1. The molecule has 1 aromatic rings. The van der Waals surface area contributed by atoms with Crippen LogP contribution in [0, 0.1) is 0 Å². The van der Waals surface area contributed by atoms with E-state index in [2.05, 4.69) is 29.2 Å². The maximum atomic E-state index is 5.84. The van der Waals surface area contributed by atoms with Crippen LogP contribution < -0.4 is 10.6 Å². The topological polar surface area (TPSA) is 29.3 Å². The Morgan fingerprint density at radius 1 is 1.27 bits per heavy atom. The highest BCUT2D eigenvalue weighted by atomic mass is 15.2. The molecule has 1 aromatic carbocycles. The van der Waals surface area contributed by atoms with E-state index in [0.29, 0.717) is 5.92 Å². The molecule has 2 nitrogen and oxygen atoms in total. The van der Waals surface area contributed by atoms with Gasteiger partial charge in [-0.2, -0.15) is 0 Å². The molecule has 80 valence electrons. The van der Waals surface area contributed by atoms with E-state index < -0.39 is 0 Å². The standard InChI is InChI=1S/C13H18N2/c14-8-10-9-15(11-4-3-5-11)13-7-2-1-6-12(10)13/h1-2,6-7,10-11H,3-5,8-9,14H2. The SMILES string of the molecule is NCC1CN(C2CCC2)c2ccccc21. The number of rotatable bonds is 2. The first-order chi connectivity index (χ1) is 7.40. The summed E-state index contributed by atoms with van der Waals surface area (Å²) in [6.45, 7) is 1.92. The molecule has 1 aliphatic heterocycles. The molecule has 2 N–H and O–H groups in total. The summed E-state index contributed by atoms with van der Waals surface area (Å²) in [5.74, 6) is 0.557. The van der Waals surface area contributed by atoms with Crippen molar-refractivity contribution in [2.45, 2.75) is 31.2 Å². The molecule has 1 heterocycles. The van der Waals surface area contributed by atoms with Crippen molar-refractivity contribution in [3.05, 3.63) is 29.8 Å². The predicted molar refractivity (Wildman–Crippen MR) is 63.2 cm³/mol. The van der Waals surface area contributed by atoms with Crippen LogP contribution >= 0.6 is 0 Å². The molecule has 0 saturated heterocycles. The van der Waals surface area contributed by atoms with Gasteiger partial charge in [-0.3, -0.25) is 0 Å². The van der Waals surface area contributed by atoms with E-state index in [1.807, 2.05) is 0 Å². The molecule has 0 amide bonds. The minimum Gasteiger partial charge on any atom is -0.368 e. The molecular formula is C13H18N2. The van der Waals surface area contributed by atoms with Gasteiger partial charge in [-0.1, -0.05) is 18.2 Å². The van der Waals surface area contributed by atoms with Gasteiger partial charge in [0.1, 0.15) is 0 Å². The van der Waals surface area contributed by atoms with Gasteiger partial charge < -0.3 is 10.6 Å². The fourth-order valence-corrected chi connectivity index (χ4v) is 2.77. The summed E-state index contributed by atoms with van der Waals surface area (Å²) < 4.78 is 0. The zero-order valence-electron chi connectivity index (χ0n) is 9.02. The van der Waals surface area contributed by atoms with Crippen LogP contribution in [-0.4, -0.2) is 19.1 Å². The average molecular weight is 202 g/mol. The van der Waals surface area contributed by atoms with Crippen LogP contribution in [0.3, 0.4) is 0 Å². The Kier molecular flexibility index (Phi) is 2.17. The average Bonchev–Trinajstić information content (AvgIpc) is 2.55. The molecule has 0 aromatic heterocycles. The maximum absolute atomic E-state index is 5.84. The van der Waals surface area contributed by atoms with Crippen molar-refractivity contribution in [3.63, 3.8) is 0 Å². The van der Waals surface area contributed by atoms with Crippen LogP contribution in [0.4, 0.5) is 5.69 Å². The molecule has 0 spiro atoms.